The number of hydrogen-bond acceptors (Lipinski definition) is 3. The summed E-state index contributed by atoms with van der Waals surface area (Å²) in [5.74, 6) is 1.21. The highest BCUT2D eigenvalue weighted by Crippen LogP contribution is 2.42. The van der Waals surface area contributed by atoms with E-state index in [1.165, 1.54) is 25.8 Å². The van der Waals surface area contributed by atoms with E-state index in [4.69, 9.17) is 4.74 Å². The fourth-order valence-corrected chi connectivity index (χ4v) is 4.99. The van der Waals surface area contributed by atoms with Gasteiger partial charge in [-0.05, 0) is 82.6 Å². The number of ether oxygens (including phenoxy) is 1. The lowest BCUT2D eigenvalue weighted by Crippen LogP contribution is -2.54. The largest absolute Gasteiger partial charge is 0.381 e. The van der Waals surface area contributed by atoms with Crippen LogP contribution in [0.4, 0.5) is 5.69 Å². The highest BCUT2D eigenvalue weighted by molar-refractivity contribution is 5.98. The highest BCUT2D eigenvalue weighted by Gasteiger charge is 2.45. The van der Waals surface area contributed by atoms with E-state index >= 15 is 0 Å². The topological polar surface area (TPSA) is 32.8 Å². The molecule has 4 rings (SSSR count). The quantitative estimate of drug-likeness (QED) is 0.824. The van der Waals surface area contributed by atoms with Crippen molar-refractivity contribution in [2.75, 3.05) is 44.3 Å². The minimum Gasteiger partial charge on any atom is -0.381 e. The van der Waals surface area contributed by atoms with Crippen LogP contribution in [0.2, 0.25) is 0 Å². The monoisotopic (exact) mass is 356 g/mol. The van der Waals surface area contributed by atoms with Gasteiger partial charge >= 0.3 is 0 Å². The smallest absolute Gasteiger partial charge is 0.233 e. The van der Waals surface area contributed by atoms with Crippen molar-refractivity contribution in [1.29, 1.82) is 0 Å². The predicted octanol–water partition coefficient (Wildman–Crippen LogP) is 3.71. The van der Waals surface area contributed by atoms with Gasteiger partial charge in [0.15, 0.2) is 0 Å². The molecule has 3 aliphatic rings. The Hall–Kier alpha value is -1.39. The number of carbonyl (C=O) groups excluding carboxylic acids is 1. The summed E-state index contributed by atoms with van der Waals surface area (Å²) in [4.78, 5) is 17.9. The van der Waals surface area contributed by atoms with E-state index in [0.29, 0.717) is 5.91 Å². The van der Waals surface area contributed by atoms with Crippen LogP contribution in [0.3, 0.4) is 0 Å². The number of benzene rings is 1. The van der Waals surface area contributed by atoms with Gasteiger partial charge in [0.2, 0.25) is 5.91 Å². The molecule has 3 saturated heterocycles. The average Bonchev–Trinajstić information content (AvgIpc) is 2.71. The van der Waals surface area contributed by atoms with Crippen molar-refractivity contribution < 1.29 is 9.53 Å². The van der Waals surface area contributed by atoms with E-state index in [-0.39, 0.29) is 5.41 Å². The summed E-state index contributed by atoms with van der Waals surface area (Å²) in [7, 11) is 0. The second kappa shape index (κ2) is 8.10. The molecule has 0 radical (unpaired) electrons. The molecule has 0 N–H and O–H groups in total. The molecule has 26 heavy (non-hydrogen) atoms. The summed E-state index contributed by atoms with van der Waals surface area (Å²) in [6.45, 7) is 6.11. The molecule has 0 aromatic heterocycles. The number of carbonyl (C=O) groups is 1. The summed E-state index contributed by atoms with van der Waals surface area (Å²) >= 11 is 0. The Kier molecular flexibility index (Phi) is 5.60. The third-order valence-electron chi connectivity index (χ3n) is 6.81. The molecular formula is C22H32N2O2. The Morgan fingerprint density at radius 1 is 1.00 bits per heavy atom. The molecule has 3 fully saturated rings. The number of anilines is 1. The number of likely N-dealkylation sites (tertiary alicyclic amines) is 1. The fraction of sp³-hybridized carbons (Fsp3) is 0.682. The molecule has 0 unspecified atom stereocenters. The molecule has 0 saturated carbocycles. The molecular weight excluding hydrogens is 324 g/mol. The van der Waals surface area contributed by atoms with Gasteiger partial charge < -0.3 is 14.5 Å². The van der Waals surface area contributed by atoms with Gasteiger partial charge in [-0.15, -0.1) is 0 Å². The molecule has 0 aliphatic carbocycles. The number of piperidine rings is 2. The number of para-hydroxylation sites is 1. The average molecular weight is 357 g/mol. The van der Waals surface area contributed by atoms with Crippen LogP contribution >= 0.6 is 0 Å². The molecule has 3 heterocycles. The summed E-state index contributed by atoms with van der Waals surface area (Å²) in [6, 6.07) is 10.2. The van der Waals surface area contributed by atoms with Gasteiger partial charge in [-0.1, -0.05) is 18.2 Å². The summed E-state index contributed by atoms with van der Waals surface area (Å²) in [5.41, 5.74) is 0.960. The van der Waals surface area contributed by atoms with Crippen molar-refractivity contribution >= 4 is 11.6 Å². The Morgan fingerprint density at radius 2 is 1.73 bits per heavy atom. The van der Waals surface area contributed by atoms with Gasteiger partial charge in [-0.2, -0.15) is 0 Å². The van der Waals surface area contributed by atoms with Gasteiger partial charge in [-0.25, -0.2) is 0 Å². The van der Waals surface area contributed by atoms with Gasteiger partial charge in [0.25, 0.3) is 0 Å². The Bertz CT molecular complexity index is 589. The maximum atomic E-state index is 13.3. The number of nitrogens with zero attached hydrogens (tertiary/aromatic N) is 2. The first-order valence-corrected chi connectivity index (χ1v) is 10.4. The van der Waals surface area contributed by atoms with Gasteiger partial charge in [0, 0.05) is 25.4 Å². The van der Waals surface area contributed by atoms with Crippen molar-refractivity contribution in [1.82, 2.24) is 4.90 Å². The molecule has 1 spiro atoms. The second-order valence-corrected chi connectivity index (χ2v) is 8.36. The van der Waals surface area contributed by atoms with Crippen LogP contribution in [0, 0.1) is 11.3 Å². The molecule has 4 nitrogen and oxygen atoms in total. The first kappa shape index (κ1) is 18.0. The van der Waals surface area contributed by atoms with E-state index in [9.17, 15) is 4.79 Å². The minimum atomic E-state index is -0.108. The lowest BCUT2D eigenvalue weighted by molar-refractivity contribution is -0.133. The maximum Gasteiger partial charge on any atom is 0.233 e. The van der Waals surface area contributed by atoms with Gasteiger partial charge in [-0.3, -0.25) is 4.79 Å². The van der Waals surface area contributed by atoms with Crippen molar-refractivity contribution in [2.45, 2.75) is 44.9 Å². The van der Waals surface area contributed by atoms with E-state index in [1.54, 1.807) is 0 Å². The molecule has 1 amide bonds. The predicted molar refractivity (Wildman–Crippen MR) is 104 cm³/mol. The number of hydrogen-bond donors (Lipinski definition) is 0. The molecule has 3 aliphatic heterocycles. The normalized spacial score (nSPS) is 24.9. The van der Waals surface area contributed by atoms with Crippen LogP contribution in [0.1, 0.15) is 44.9 Å². The SMILES string of the molecule is O=C1N(c2ccccc2)CCCC12CCN(CCC1CCOCC1)CC2. The zero-order valence-electron chi connectivity index (χ0n) is 15.9. The first-order valence-electron chi connectivity index (χ1n) is 10.4. The lowest BCUT2D eigenvalue weighted by Gasteiger charge is -2.46. The van der Waals surface area contributed by atoms with Crippen LogP contribution in [-0.2, 0) is 9.53 Å². The third-order valence-corrected chi connectivity index (χ3v) is 6.81. The molecule has 4 heteroatoms. The number of rotatable bonds is 4. The molecule has 1 aromatic carbocycles. The van der Waals surface area contributed by atoms with Crippen molar-refractivity contribution in [3.05, 3.63) is 30.3 Å². The maximum absolute atomic E-state index is 13.3. The standard InChI is InChI=1S/C22H32N2O2/c25-21-22(10-4-13-24(21)20-5-2-1-3-6-20)11-15-23(16-12-22)14-7-19-8-17-26-18-9-19/h1-3,5-6,19H,4,7-18H2. The summed E-state index contributed by atoms with van der Waals surface area (Å²) in [6.07, 6.45) is 8.00. The zero-order valence-corrected chi connectivity index (χ0v) is 15.9. The van der Waals surface area contributed by atoms with Crippen LogP contribution in [0.25, 0.3) is 0 Å². The third kappa shape index (κ3) is 3.81. The first-order chi connectivity index (χ1) is 12.8. The molecule has 142 valence electrons. The van der Waals surface area contributed by atoms with Crippen molar-refractivity contribution in [2.24, 2.45) is 11.3 Å². The molecule has 0 bridgehead atoms. The van der Waals surface area contributed by atoms with E-state index < -0.39 is 0 Å². The molecule has 0 atom stereocenters. The minimum absolute atomic E-state index is 0.108. The van der Waals surface area contributed by atoms with Crippen LogP contribution in [0.5, 0.6) is 0 Å². The Morgan fingerprint density at radius 3 is 2.46 bits per heavy atom. The van der Waals surface area contributed by atoms with E-state index in [1.807, 2.05) is 23.1 Å². The van der Waals surface area contributed by atoms with E-state index in [2.05, 4.69) is 17.0 Å². The van der Waals surface area contributed by atoms with Crippen molar-refractivity contribution in [3.8, 4) is 0 Å². The summed E-state index contributed by atoms with van der Waals surface area (Å²) in [5, 5.41) is 0. The Labute approximate surface area is 157 Å². The van der Waals surface area contributed by atoms with Crippen molar-refractivity contribution in [3.63, 3.8) is 0 Å². The van der Waals surface area contributed by atoms with Crippen LogP contribution in [-0.4, -0.2) is 50.2 Å². The highest BCUT2D eigenvalue weighted by atomic mass is 16.5. The van der Waals surface area contributed by atoms with Crippen LogP contribution < -0.4 is 4.90 Å². The van der Waals surface area contributed by atoms with Crippen LogP contribution in [0.15, 0.2) is 30.3 Å². The molecule has 1 aromatic rings. The Balaban J connectivity index is 1.33. The number of amides is 1. The second-order valence-electron chi connectivity index (χ2n) is 8.36. The lowest BCUT2D eigenvalue weighted by atomic mass is 9.71. The van der Waals surface area contributed by atoms with Gasteiger partial charge in [0.1, 0.15) is 0 Å². The van der Waals surface area contributed by atoms with E-state index in [0.717, 1.165) is 70.1 Å². The van der Waals surface area contributed by atoms with Gasteiger partial charge in [0.05, 0.1) is 5.41 Å². The summed E-state index contributed by atoms with van der Waals surface area (Å²) < 4.78 is 5.47. The fourth-order valence-electron chi connectivity index (χ4n) is 4.99. The zero-order chi connectivity index (χ0) is 17.8.